The van der Waals surface area contributed by atoms with Gasteiger partial charge in [0, 0.05) is 18.3 Å². The van der Waals surface area contributed by atoms with E-state index in [1.165, 1.54) is 17.7 Å². The van der Waals surface area contributed by atoms with Crippen LogP contribution in [0.4, 0.5) is 10.1 Å². The minimum atomic E-state index is -0.184. The van der Waals surface area contributed by atoms with Gasteiger partial charge in [0.1, 0.15) is 5.82 Å². The first kappa shape index (κ1) is 15.5. The molecular formula is C18H23FN2. The summed E-state index contributed by atoms with van der Waals surface area (Å²) in [6.07, 6.45) is 0.873. The fourth-order valence-electron chi connectivity index (χ4n) is 2.43. The van der Waals surface area contributed by atoms with E-state index in [1.807, 2.05) is 12.1 Å². The second-order valence-corrected chi connectivity index (χ2v) is 5.81. The molecule has 0 radical (unpaired) electrons. The molecule has 2 aromatic rings. The molecule has 0 aromatic heterocycles. The molecule has 0 aliphatic rings. The van der Waals surface area contributed by atoms with E-state index in [0.717, 1.165) is 24.2 Å². The number of hydrogen-bond donors (Lipinski definition) is 1. The average Bonchev–Trinajstić information content (AvgIpc) is 2.41. The van der Waals surface area contributed by atoms with Crippen molar-refractivity contribution >= 4 is 5.69 Å². The van der Waals surface area contributed by atoms with Crippen LogP contribution in [0.3, 0.4) is 0 Å². The van der Waals surface area contributed by atoms with E-state index in [-0.39, 0.29) is 5.82 Å². The van der Waals surface area contributed by atoms with Crippen LogP contribution in [0.25, 0.3) is 0 Å². The number of halogens is 1. The van der Waals surface area contributed by atoms with E-state index in [9.17, 15) is 4.39 Å². The quantitative estimate of drug-likeness (QED) is 0.865. The van der Waals surface area contributed by atoms with Gasteiger partial charge in [0.25, 0.3) is 0 Å². The van der Waals surface area contributed by atoms with Gasteiger partial charge in [-0.25, -0.2) is 4.39 Å². The third kappa shape index (κ3) is 5.20. The lowest BCUT2D eigenvalue weighted by atomic mass is 10.1. The van der Waals surface area contributed by atoms with Crippen molar-refractivity contribution in [3.8, 4) is 0 Å². The van der Waals surface area contributed by atoms with Gasteiger partial charge in [0.15, 0.2) is 0 Å². The highest BCUT2D eigenvalue weighted by molar-refractivity contribution is 5.46. The second-order valence-electron chi connectivity index (χ2n) is 5.81. The van der Waals surface area contributed by atoms with Gasteiger partial charge in [0.05, 0.1) is 0 Å². The Morgan fingerprint density at radius 3 is 2.43 bits per heavy atom. The first-order chi connectivity index (χ1) is 10.0. The summed E-state index contributed by atoms with van der Waals surface area (Å²) in [7, 11) is 4.13. The molecule has 0 saturated carbocycles. The van der Waals surface area contributed by atoms with Crippen LogP contribution < -0.4 is 5.32 Å². The van der Waals surface area contributed by atoms with Crippen molar-refractivity contribution in [3.63, 3.8) is 0 Å². The second kappa shape index (κ2) is 7.23. The Balaban J connectivity index is 1.95. The van der Waals surface area contributed by atoms with Crippen molar-refractivity contribution in [3.05, 3.63) is 65.5 Å². The molecule has 1 N–H and O–H groups in total. The highest BCUT2D eigenvalue weighted by atomic mass is 19.1. The van der Waals surface area contributed by atoms with Gasteiger partial charge in [0.2, 0.25) is 0 Å². The number of rotatable bonds is 6. The Bertz CT molecular complexity index is 564. The number of nitrogens with zero attached hydrogens (tertiary/aromatic N) is 1. The molecule has 0 aliphatic heterocycles. The smallest absolute Gasteiger partial charge is 0.123 e. The topological polar surface area (TPSA) is 15.3 Å². The van der Waals surface area contributed by atoms with Gasteiger partial charge in [-0.05, 0) is 62.8 Å². The van der Waals surface area contributed by atoms with Crippen LogP contribution in [0.5, 0.6) is 0 Å². The molecule has 1 atom stereocenters. The van der Waals surface area contributed by atoms with Gasteiger partial charge in [-0.2, -0.15) is 0 Å². The Hall–Kier alpha value is -1.87. The van der Waals surface area contributed by atoms with Crippen molar-refractivity contribution in [2.45, 2.75) is 25.9 Å². The summed E-state index contributed by atoms with van der Waals surface area (Å²) in [5, 5.41) is 3.51. The first-order valence-corrected chi connectivity index (χ1v) is 7.27. The molecule has 0 bridgehead atoms. The highest BCUT2D eigenvalue weighted by Crippen LogP contribution is 2.15. The monoisotopic (exact) mass is 286 g/mol. The van der Waals surface area contributed by atoms with E-state index in [0.29, 0.717) is 6.04 Å². The van der Waals surface area contributed by atoms with Crippen LogP contribution in [-0.2, 0) is 13.0 Å². The average molecular weight is 286 g/mol. The normalized spacial score (nSPS) is 12.4. The van der Waals surface area contributed by atoms with E-state index in [2.05, 4.69) is 55.5 Å². The summed E-state index contributed by atoms with van der Waals surface area (Å²) in [6.45, 7) is 3.07. The molecule has 112 valence electrons. The molecule has 2 nitrogen and oxygen atoms in total. The van der Waals surface area contributed by atoms with Gasteiger partial charge in [-0.1, -0.05) is 24.3 Å². The molecule has 2 rings (SSSR count). The van der Waals surface area contributed by atoms with Crippen molar-refractivity contribution in [2.75, 3.05) is 19.4 Å². The molecule has 0 amide bonds. The molecule has 3 heteroatoms. The number of nitrogens with one attached hydrogen (secondary N) is 1. The molecule has 0 aliphatic carbocycles. The molecule has 0 heterocycles. The van der Waals surface area contributed by atoms with Crippen molar-refractivity contribution in [2.24, 2.45) is 0 Å². The lowest BCUT2D eigenvalue weighted by molar-refractivity contribution is 0.402. The number of hydrogen-bond acceptors (Lipinski definition) is 2. The summed E-state index contributed by atoms with van der Waals surface area (Å²) >= 11 is 0. The minimum absolute atomic E-state index is 0.184. The maximum atomic E-state index is 12.9. The molecule has 0 fully saturated rings. The van der Waals surface area contributed by atoms with Gasteiger partial charge >= 0.3 is 0 Å². The summed E-state index contributed by atoms with van der Waals surface area (Å²) in [5.41, 5.74) is 3.56. The zero-order valence-electron chi connectivity index (χ0n) is 12.9. The van der Waals surface area contributed by atoms with E-state index >= 15 is 0 Å². The first-order valence-electron chi connectivity index (χ1n) is 7.27. The summed E-state index contributed by atoms with van der Waals surface area (Å²) < 4.78 is 12.9. The fraction of sp³-hybridized carbons (Fsp3) is 0.333. The Morgan fingerprint density at radius 1 is 1.05 bits per heavy atom. The molecule has 0 saturated heterocycles. The van der Waals surface area contributed by atoms with Crippen molar-refractivity contribution < 1.29 is 4.39 Å². The van der Waals surface area contributed by atoms with Crippen LogP contribution in [0.2, 0.25) is 0 Å². The van der Waals surface area contributed by atoms with Crippen LogP contribution in [0.1, 0.15) is 18.1 Å². The summed E-state index contributed by atoms with van der Waals surface area (Å²) in [6, 6.07) is 15.5. The number of benzene rings is 2. The van der Waals surface area contributed by atoms with Crippen molar-refractivity contribution in [1.82, 2.24) is 4.90 Å². The Morgan fingerprint density at radius 2 is 1.76 bits per heavy atom. The van der Waals surface area contributed by atoms with Crippen LogP contribution >= 0.6 is 0 Å². The van der Waals surface area contributed by atoms with Crippen LogP contribution in [-0.4, -0.2) is 25.0 Å². The lowest BCUT2D eigenvalue weighted by Crippen LogP contribution is -2.18. The van der Waals surface area contributed by atoms with E-state index in [4.69, 9.17) is 0 Å². The highest BCUT2D eigenvalue weighted by Gasteiger charge is 2.05. The molecule has 21 heavy (non-hydrogen) atoms. The maximum Gasteiger partial charge on any atom is 0.123 e. The van der Waals surface area contributed by atoms with E-state index in [1.54, 1.807) is 0 Å². The van der Waals surface area contributed by atoms with Crippen molar-refractivity contribution in [1.29, 1.82) is 0 Å². The van der Waals surface area contributed by atoms with Gasteiger partial charge < -0.3 is 10.2 Å². The third-order valence-corrected chi connectivity index (χ3v) is 3.29. The third-order valence-electron chi connectivity index (χ3n) is 3.29. The standard InChI is InChI=1S/C18H23FN2/c1-14(11-15-7-9-17(19)10-8-15)20-18-6-4-5-16(12-18)13-21(2)3/h4-10,12,14,20H,11,13H2,1-3H3. The fourth-order valence-corrected chi connectivity index (χ4v) is 2.43. The predicted molar refractivity (Wildman–Crippen MR) is 87.0 cm³/mol. The Kier molecular flexibility index (Phi) is 5.34. The molecule has 1 unspecified atom stereocenters. The number of anilines is 1. The largest absolute Gasteiger partial charge is 0.382 e. The van der Waals surface area contributed by atoms with E-state index < -0.39 is 0 Å². The summed E-state index contributed by atoms with van der Waals surface area (Å²) in [4.78, 5) is 2.15. The maximum absolute atomic E-state index is 12.9. The zero-order valence-corrected chi connectivity index (χ0v) is 12.9. The molecular weight excluding hydrogens is 263 g/mol. The minimum Gasteiger partial charge on any atom is -0.382 e. The zero-order chi connectivity index (χ0) is 15.2. The van der Waals surface area contributed by atoms with Crippen LogP contribution in [0.15, 0.2) is 48.5 Å². The van der Waals surface area contributed by atoms with Gasteiger partial charge in [-0.15, -0.1) is 0 Å². The lowest BCUT2D eigenvalue weighted by Gasteiger charge is -2.17. The molecule has 0 spiro atoms. The summed E-state index contributed by atoms with van der Waals surface area (Å²) in [5.74, 6) is -0.184. The van der Waals surface area contributed by atoms with Crippen LogP contribution in [0, 0.1) is 5.82 Å². The Labute approximate surface area is 126 Å². The predicted octanol–water partition coefficient (Wildman–Crippen LogP) is 3.93. The SMILES string of the molecule is CC(Cc1ccc(F)cc1)Nc1cccc(CN(C)C)c1. The molecule has 2 aromatic carbocycles. The van der Waals surface area contributed by atoms with Gasteiger partial charge in [-0.3, -0.25) is 0 Å².